The molecule has 0 aliphatic carbocycles. The Balaban J connectivity index is 3.56. The number of hydrogen-bond donors (Lipinski definition) is 2. The van der Waals surface area contributed by atoms with Crippen LogP contribution in [0.25, 0.3) is 0 Å². The Labute approximate surface area is 282 Å². The molecule has 0 saturated heterocycles. The highest BCUT2D eigenvalue weighted by Gasteiger charge is 2.12. The van der Waals surface area contributed by atoms with Crippen LogP contribution in [0.1, 0.15) is 168 Å². The lowest BCUT2D eigenvalue weighted by Crippen LogP contribution is -2.25. The molecule has 2 N–H and O–H groups in total. The summed E-state index contributed by atoms with van der Waals surface area (Å²) in [5, 5.41) is 19.5. The minimum absolute atomic E-state index is 0.140. The third kappa shape index (κ3) is 34.7. The molecular formula is C40H70O6. The van der Waals surface area contributed by atoms with Crippen molar-refractivity contribution in [1.29, 1.82) is 0 Å². The van der Waals surface area contributed by atoms with E-state index in [4.69, 9.17) is 9.47 Å². The van der Waals surface area contributed by atoms with Crippen LogP contribution in [0.2, 0.25) is 0 Å². The lowest BCUT2D eigenvalue weighted by atomic mass is 10.0. The summed E-state index contributed by atoms with van der Waals surface area (Å²) in [6.45, 7) is 3.97. The quantitative estimate of drug-likeness (QED) is 0.0419. The van der Waals surface area contributed by atoms with Gasteiger partial charge in [0.25, 0.3) is 0 Å². The first-order chi connectivity index (χ1) is 22.5. The molecule has 0 fully saturated rings. The van der Waals surface area contributed by atoms with E-state index in [-0.39, 0.29) is 31.3 Å². The lowest BCUT2D eigenvalue weighted by Gasteiger charge is -2.12. The first-order valence-corrected chi connectivity index (χ1v) is 18.8. The number of carbonyl (C=O) groups excluding carboxylic acids is 2. The molecule has 0 aromatic heterocycles. The molecule has 0 rings (SSSR count). The Hall–Kier alpha value is -2.18. The van der Waals surface area contributed by atoms with Crippen LogP contribution in [0.3, 0.4) is 0 Å². The summed E-state index contributed by atoms with van der Waals surface area (Å²) in [4.78, 5) is 23.9. The highest BCUT2D eigenvalue weighted by molar-refractivity contribution is 5.69. The summed E-state index contributed by atoms with van der Waals surface area (Å²) >= 11 is 0. The third-order valence-electron chi connectivity index (χ3n) is 7.98. The predicted molar refractivity (Wildman–Crippen MR) is 193 cm³/mol. The first kappa shape index (κ1) is 43.8. The van der Waals surface area contributed by atoms with Crippen LogP contribution >= 0.6 is 0 Å². The zero-order chi connectivity index (χ0) is 33.8. The number of hydrogen-bond acceptors (Lipinski definition) is 6. The van der Waals surface area contributed by atoms with Gasteiger partial charge in [0.2, 0.25) is 0 Å². The van der Waals surface area contributed by atoms with Crippen molar-refractivity contribution < 1.29 is 29.3 Å². The van der Waals surface area contributed by atoms with Crippen molar-refractivity contribution in [3.8, 4) is 0 Å². The molecular weight excluding hydrogens is 576 g/mol. The van der Waals surface area contributed by atoms with Crippen molar-refractivity contribution in [2.45, 2.75) is 180 Å². The molecule has 0 aliphatic rings. The number of rotatable bonds is 33. The van der Waals surface area contributed by atoms with Crippen LogP contribution in [-0.4, -0.2) is 47.6 Å². The molecule has 0 radical (unpaired) electrons. The largest absolute Gasteiger partial charge is 0.463 e. The van der Waals surface area contributed by atoms with Gasteiger partial charge in [-0.05, 0) is 57.8 Å². The Morgan fingerprint density at radius 1 is 0.500 bits per heavy atom. The minimum Gasteiger partial charge on any atom is -0.463 e. The van der Waals surface area contributed by atoms with Crippen molar-refractivity contribution >= 4 is 11.9 Å². The van der Waals surface area contributed by atoms with E-state index in [1.807, 2.05) is 6.92 Å². The van der Waals surface area contributed by atoms with Gasteiger partial charge in [0, 0.05) is 12.8 Å². The SMILES string of the molecule is CCCCCCCCCCCCCCCCC(=O)OC[C@@H](O)COC(=O)CCC/C=C\C/C=C\C/C=C\C/C=C\CC[C@@H](O)CC. The van der Waals surface area contributed by atoms with E-state index < -0.39 is 6.10 Å². The molecule has 6 heteroatoms. The van der Waals surface area contributed by atoms with Gasteiger partial charge in [0.1, 0.15) is 19.3 Å². The van der Waals surface area contributed by atoms with Gasteiger partial charge in [-0.1, -0.05) is 146 Å². The molecule has 0 heterocycles. The van der Waals surface area contributed by atoms with Gasteiger partial charge in [-0.2, -0.15) is 0 Å². The number of unbranched alkanes of at least 4 members (excludes halogenated alkanes) is 14. The Morgan fingerprint density at radius 3 is 1.35 bits per heavy atom. The number of aliphatic hydroxyl groups is 2. The fraction of sp³-hybridized carbons (Fsp3) is 0.750. The molecule has 0 spiro atoms. The number of ether oxygens (including phenoxy) is 2. The molecule has 2 atom stereocenters. The van der Waals surface area contributed by atoms with Crippen molar-refractivity contribution in [3.05, 3.63) is 48.6 Å². The molecule has 266 valence electrons. The summed E-state index contributed by atoms with van der Waals surface area (Å²) in [5.41, 5.74) is 0. The van der Waals surface area contributed by atoms with Crippen LogP contribution < -0.4 is 0 Å². The number of esters is 2. The maximum Gasteiger partial charge on any atom is 0.305 e. The first-order valence-electron chi connectivity index (χ1n) is 18.8. The molecule has 0 saturated carbocycles. The minimum atomic E-state index is -0.993. The fourth-order valence-electron chi connectivity index (χ4n) is 4.94. The van der Waals surface area contributed by atoms with Gasteiger partial charge < -0.3 is 19.7 Å². The van der Waals surface area contributed by atoms with Crippen LogP contribution in [0, 0.1) is 0 Å². The van der Waals surface area contributed by atoms with Crippen LogP contribution in [0.5, 0.6) is 0 Å². The highest BCUT2D eigenvalue weighted by atomic mass is 16.6. The normalized spacial score (nSPS) is 13.4. The fourth-order valence-corrected chi connectivity index (χ4v) is 4.94. The van der Waals surface area contributed by atoms with Crippen LogP contribution in [0.4, 0.5) is 0 Å². The van der Waals surface area contributed by atoms with Crippen molar-refractivity contribution in [1.82, 2.24) is 0 Å². The molecule has 0 unspecified atom stereocenters. The second-order valence-corrected chi connectivity index (χ2v) is 12.5. The molecule has 0 aliphatic heterocycles. The number of carbonyl (C=O) groups is 2. The average molecular weight is 647 g/mol. The van der Waals surface area contributed by atoms with Crippen LogP contribution in [0.15, 0.2) is 48.6 Å². The maximum atomic E-state index is 11.9. The molecule has 6 nitrogen and oxygen atoms in total. The summed E-state index contributed by atoms with van der Waals surface area (Å²) < 4.78 is 10.3. The molecule has 0 bridgehead atoms. The number of aliphatic hydroxyl groups excluding tert-OH is 2. The van der Waals surface area contributed by atoms with Gasteiger partial charge in [0.05, 0.1) is 6.10 Å². The van der Waals surface area contributed by atoms with E-state index in [0.717, 1.165) is 64.2 Å². The van der Waals surface area contributed by atoms with Crippen molar-refractivity contribution in [2.24, 2.45) is 0 Å². The van der Waals surface area contributed by atoms with E-state index in [1.54, 1.807) is 0 Å². The van der Waals surface area contributed by atoms with Crippen LogP contribution in [-0.2, 0) is 19.1 Å². The van der Waals surface area contributed by atoms with Gasteiger partial charge in [-0.25, -0.2) is 0 Å². The van der Waals surface area contributed by atoms with E-state index >= 15 is 0 Å². The zero-order valence-electron chi connectivity index (χ0n) is 29.7. The lowest BCUT2D eigenvalue weighted by molar-refractivity contribution is -0.152. The van der Waals surface area contributed by atoms with E-state index in [1.165, 1.54) is 70.6 Å². The van der Waals surface area contributed by atoms with E-state index in [9.17, 15) is 19.8 Å². The maximum absolute atomic E-state index is 11.9. The molecule has 0 aromatic rings. The molecule has 0 amide bonds. The summed E-state index contributed by atoms with van der Waals surface area (Å²) in [6.07, 6.45) is 41.1. The van der Waals surface area contributed by atoms with Crippen molar-refractivity contribution in [2.75, 3.05) is 13.2 Å². The Morgan fingerprint density at radius 2 is 0.891 bits per heavy atom. The predicted octanol–water partition coefficient (Wildman–Crippen LogP) is 10.4. The molecule has 46 heavy (non-hydrogen) atoms. The number of allylic oxidation sites excluding steroid dienone is 8. The van der Waals surface area contributed by atoms with Gasteiger partial charge in [-0.15, -0.1) is 0 Å². The monoisotopic (exact) mass is 647 g/mol. The zero-order valence-corrected chi connectivity index (χ0v) is 29.7. The molecule has 0 aromatic carbocycles. The van der Waals surface area contributed by atoms with E-state index in [0.29, 0.717) is 19.3 Å². The van der Waals surface area contributed by atoms with E-state index in [2.05, 4.69) is 55.5 Å². The van der Waals surface area contributed by atoms with Crippen molar-refractivity contribution in [3.63, 3.8) is 0 Å². The second kappa shape index (κ2) is 35.7. The smallest absolute Gasteiger partial charge is 0.305 e. The topological polar surface area (TPSA) is 93.1 Å². The van der Waals surface area contributed by atoms with Gasteiger partial charge in [0.15, 0.2) is 0 Å². The van der Waals surface area contributed by atoms with Gasteiger partial charge in [-0.3, -0.25) is 9.59 Å². The third-order valence-corrected chi connectivity index (χ3v) is 7.98. The second-order valence-electron chi connectivity index (χ2n) is 12.5. The average Bonchev–Trinajstić information content (AvgIpc) is 3.06. The Bertz CT molecular complexity index is 800. The highest BCUT2D eigenvalue weighted by Crippen LogP contribution is 2.13. The Kier molecular flexibility index (Phi) is 34.0. The summed E-state index contributed by atoms with van der Waals surface area (Å²) in [6, 6.07) is 0. The standard InChI is InChI=1S/C40H70O6/c1-3-5-6-7-8-9-10-11-15-18-21-24-27-30-33-39(43)45-35-38(42)36-46-40(44)34-31-28-25-22-19-16-13-12-14-17-20-23-26-29-32-37(41)4-2/h13-14,16-17,22-23,25-26,37-38,41-42H,3-12,15,18-21,24,27-36H2,1-2H3/b16-13-,17-14-,25-22-,26-23-/t37-,38+/m0/s1. The van der Waals surface area contributed by atoms with Gasteiger partial charge >= 0.3 is 11.9 Å². The summed E-state index contributed by atoms with van der Waals surface area (Å²) in [5.74, 6) is -0.646. The summed E-state index contributed by atoms with van der Waals surface area (Å²) in [7, 11) is 0.